The third-order valence-corrected chi connectivity index (χ3v) is 20.2. The number of aromatic hydroxyl groups is 4. The Labute approximate surface area is 671 Å². The number of ether oxygens (including phenoxy) is 3. The van der Waals surface area contributed by atoms with Gasteiger partial charge in [-0.1, -0.05) is 27.7 Å². The van der Waals surface area contributed by atoms with Crippen LogP contribution in [-0.4, -0.2) is 316 Å². The average Bonchev–Trinajstić information content (AvgIpc) is 1.60. The summed E-state index contributed by atoms with van der Waals surface area (Å²) in [4.78, 5) is 141. The van der Waals surface area contributed by atoms with Gasteiger partial charge in [-0.3, -0.25) is 76.7 Å². The van der Waals surface area contributed by atoms with Crippen LogP contribution in [0, 0.1) is 0 Å². The van der Waals surface area contributed by atoms with E-state index in [2.05, 4.69) is 47.0 Å². The molecule has 628 valence electrons. The van der Waals surface area contributed by atoms with E-state index in [0.29, 0.717) is 99.0 Å². The molecule has 3 aliphatic rings. The molecule has 0 bridgehead atoms. The topological polar surface area (TPSA) is 481 Å². The Morgan fingerprint density at radius 1 is 0.448 bits per heavy atom. The molecule has 0 unspecified atom stereocenters. The number of carboxylic acids is 3. The van der Waals surface area contributed by atoms with Gasteiger partial charge in [-0.15, -0.1) is 20.4 Å². The van der Waals surface area contributed by atoms with Crippen molar-refractivity contribution in [1.82, 2.24) is 85.5 Å². The lowest BCUT2D eigenvalue weighted by atomic mass is 9.98. The van der Waals surface area contributed by atoms with E-state index >= 15 is 0 Å². The van der Waals surface area contributed by atoms with Crippen LogP contribution < -0.4 is 36.1 Å². The summed E-state index contributed by atoms with van der Waals surface area (Å²) in [5, 5.41) is 103. The number of amides is 7. The molecule has 1 atom stereocenters. The number of aromatic nitrogens is 6. The molecule has 37 heteroatoms. The van der Waals surface area contributed by atoms with Crippen molar-refractivity contribution in [3.63, 3.8) is 0 Å². The second-order valence-corrected chi connectivity index (χ2v) is 29.3. The lowest BCUT2D eigenvalue weighted by Gasteiger charge is -2.32. The van der Waals surface area contributed by atoms with Gasteiger partial charge in [0.1, 0.15) is 52.7 Å². The number of likely N-dealkylation sites (tertiary alicyclic amines) is 2. The van der Waals surface area contributed by atoms with Crippen molar-refractivity contribution in [1.29, 1.82) is 0 Å². The van der Waals surface area contributed by atoms with Crippen molar-refractivity contribution < 1.29 is 97.9 Å². The number of carbonyl (C=O) groups excluding carboxylic acids is 7. The molecule has 4 aromatic carbocycles. The fraction of sp³-hybridized carbons (Fsp3) is 0.519. The molecule has 0 aliphatic carbocycles. The van der Waals surface area contributed by atoms with E-state index in [1.165, 1.54) is 21.3 Å². The van der Waals surface area contributed by atoms with E-state index in [1.807, 2.05) is 27.7 Å². The average molecular weight is 1610 g/mol. The first-order valence-corrected chi connectivity index (χ1v) is 39.2. The Bertz CT molecular complexity index is 4350. The van der Waals surface area contributed by atoms with Gasteiger partial charge in [0, 0.05) is 173 Å². The largest absolute Gasteiger partial charge is 0.508 e. The minimum Gasteiger partial charge on any atom is -0.508 e. The molecule has 12 N–H and O–H groups in total. The quantitative estimate of drug-likeness (QED) is 0.0252. The number of nitrogens with one attached hydrogen (secondary N) is 5. The van der Waals surface area contributed by atoms with Crippen LogP contribution >= 0.6 is 0 Å². The standard InChI is InChI=1S/C79H107N17O20/c1-7-80-78(112)75-87-85-73(59-41-57(49(3)4)62(97)43-64(59)99)95(75)51-9-13-53(14-10-51)115-55-20-27-93(28-21-55)68(103)18-17-61(84-66(101)24-39-114-40-26-82-67(102)45-89-31-33-90(46-70(105)106)35-37-92(48-72(109)110)38-36-91(34-32-89)47-71(107)108)77(111)83-25-19-69(104)94-29-22-56(23-30-94)116-54-15-11-52(12-16-54)96-74(86-88-76(96)79(113)81-8-2)60-42-58(50(5)6)63(98)44-65(60)100/h9-16,41-44,49-50,55-56,61,97-100H,7-8,17-40,45-48H2,1-6H3,(H,80,112)(H,81,113)(H,82,102)(H,83,111)(H,84,101)(H,105,106)(H,107,108)(H,109,110)/t61-/m1/s1. The van der Waals surface area contributed by atoms with Gasteiger partial charge in [-0.25, -0.2) is 0 Å². The van der Waals surface area contributed by atoms with Crippen LogP contribution in [0.15, 0.2) is 72.8 Å². The van der Waals surface area contributed by atoms with Gasteiger partial charge in [0.25, 0.3) is 11.8 Å². The first-order chi connectivity index (χ1) is 55.6. The number of phenolic OH excluding ortho intramolecular Hbond substituents is 4. The molecule has 0 saturated carbocycles. The van der Waals surface area contributed by atoms with E-state index in [1.54, 1.807) is 104 Å². The van der Waals surface area contributed by atoms with Gasteiger partial charge in [0.2, 0.25) is 41.2 Å². The molecule has 3 aliphatic heterocycles. The predicted molar refractivity (Wildman–Crippen MR) is 421 cm³/mol. The Balaban J connectivity index is 0.780. The number of aliphatic carboxylic acids is 3. The number of carboxylic acid groups (broad SMARTS) is 3. The van der Waals surface area contributed by atoms with Crippen molar-refractivity contribution in [3.8, 4) is 68.6 Å². The molecule has 0 radical (unpaired) electrons. The number of hydrogen-bond acceptors (Lipinski definition) is 25. The highest BCUT2D eigenvalue weighted by Crippen LogP contribution is 2.41. The third-order valence-electron chi connectivity index (χ3n) is 20.2. The minimum atomic E-state index is -1.21. The number of rotatable bonds is 36. The summed E-state index contributed by atoms with van der Waals surface area (Å²) in [5.41, 5.74) is 2.60. The summed E-state index contributed by atoms with van der Waals surface area (Å²) in [5.74, 6) is -5.95. The van der Waals surface area contributed by atoms with E-state index in [0.717, 1.165) is 0 Å². The minimum absolute atomic E-state index is 0.0155. The van der Waals surface area contributed by atoms with Crippen LogP contribution in [0.1, 0.15) is 137 Å². The van der Waals surface area contributed by atoms with Gasteiger partial charge in [-0.05, 0) is 104 Å². The van der Waals surface area contributed by atoms with E-state index in [4.69, 9.17) is 14.2 Å². The maximum atomic E-state index is 14.1. The molecule has 2 aromatic heterocycles. The van der Waals surface area contributed by atoms with Gasteiger partial charge in [-0.2, -0.15) is 0 Å². The fourth-order valence-electron chi connectivity index (χ4n) is 13.9. The van der Waals surface area contributed by atoms with Gasteiger partial charge in [0.15, 0.2) is 11.6 Å². The molecule has 9 rings (SSSR count). The molecule has 116 heavy (non-hydrogen) atoms. The van der Waals surface area contributed by atoms with Crippen LogP contribution in [0.4, 0.5) is 0 Å². The number of piperidine rings is 2. The molecule has 6 aromatic rings. The SMILES string of the molecule is CCNC(=O)c1nnc(-c2cc(C(C)C)c(O)cc2O)n1-c1ccc(OC2CCN(C(=O)CCNC(=O)[C@@H](CCC(=O)N3CCC(Oc4ccc(-n5c(C(=O)NCC)nnc5-c5cc(C(C)C)c(O)cc5O)cc4)CC3)NC(=O)CCOCCNC(=O)CN3CCN(CC(=O)O)CCN(CC(=O)O)CCN(CC(=O)O)CC3)CC2)cc1. The van der Waals surface area contributed by atoms with Crippen LogP contribution in [-0.2, 0) is 43.1 Å². The summed E-state index contributed by atoms with van der Waals surface area (Å²) < 4.78 is 21.5. The predicted octanol–water partition coefficient (Wildman–Crippen LogP) is 2.96. The van der Waals surface area contributed by atoms with E-state index in [9.17, 15) is 83.7 Å². The second-order valence-electron chi connectivity index (χ2n) is 29.3. The summed E-state index contributed by atoms with van der Waals surface area (Å²) in [7, 11) is 0. The molecule has 0 spiro atoms. The van der Waals surface area contributed by atoms with Crippen molar-refractivity contribution >= 4 is 59.3 Å². The maximum Gasteiger partial charge on any atom is 0.317 e. The first-order valence-electron chi connectivity index (χ1n) is 39.2. The Morgan fingerprint density at radius 3 is 1.23 bits per heavy atom. The molecular weight excluding hydrogens is 1510 g/mol. The van der Waals surface area contributed by atoms with Crippen molar-refractivity contribution in [2.75, 3.05) is 144 Å². The molecule has 3 fully saturated rings. The molecule has 5 heterocycles. The van der Waals surface area contributed by atoms with Gasteiger partial charge < -0.3 is 86.3 Å². The zero-order chi connectivity index (χ0) is 83.7. The third kappa shape index (κ3) is 25.2. The maximum absolute atomic E-state index is 14.1. The molecular formula is C79H107N17O20. The number of hydrogen-bond donors (Lipinski definition) is 12. The Morgan fingerprint density at radius 2 is 0.845 bits per heavy atom. The number of carbonyl (C=O) groups is 10. The van der Waals surface area contributed by atoms with Crippen molar-refractivity contribution in [3.05, 3.63) is 95.6 Å². The fourth-order valence-corrected chi connectivity index (χ4v) is 13.9. The summed E-state index contributed by atoms with van der Waals surface area (Å²) in [6.07, 6.45) is 0.776. The monoisotopic (exact) mass is 1610 g/mol. The van der Waals surface area contributed by atoms with Gasteiger partial charge >= 0.3 is 17.9 Å². The zero-order valence-electron chi connectivity index (χ0n) is 66.3. The van der Waals surface area contributed by atoms with Crippen LogP contribution in [0.3, 0.4) is 0 Å². The van der Waals surface area contributed by atoms with Crippen LogP contribution in [0.5, 0.6) is 34.5 Å². The number of phenols is 4. The summed E-state index contributed by atoms with van der Waals surface area (Å²) in [6, 6.07) is 18.3. The molecule has 7 amide bonds. The summed E-state index contributed by atoms with van der Waals surface area (Å²) >= 11 is 0. The van der Waals surface area contributed by atoms with Crippen molar-refractivity contribution in [2.45, 2.75) is 123 Å². The van der Waals surface area contributed by atoms with Gasteiger partial charge in [0.05, 0.1) is 50.5 Å². The Kier molecular flexibility index (Phi) is 32.6. The first kappa shape index (κ1) is 88.4. The molecule has 3 saturated heterocycles. The van der Waals surface area contributed by atoms with Crippen molar-refractivity contribution in [2.24, 2.45) is 0 Å². The summed E-state index contributed by atoms with van der Waals surface area (Å²) in [6.45, 7) is 13.6. The molecule has 37 nitrogen and oxygen atoms in total. The van der Waals surface area contributed by atoms with E-state index in [-0.39, 0.29) is 224 Å². The number of nitrogens with zero attached hydrogens (tertiary/aromatic N) is 12. The second kappa shape index (κ2) is 42.7. The van der Waals surface area contributed by atoms with E-state index < -0.39 is 53.5 Å². The zero-order valence-corrected chi connectivity index (χ0v) is 66.3. The Hall–Kier alpha value is -11.5. The highest BCUT2D eigenvalue weighted by Gasteiger charge is 2.32. The van der Waals surface area contributed by atoms with Crippen LogP contribution in [0.25, 0.3) is 34.2 Å². The number of benzene rings is 4. The smallest absolute Gasteiger partial charge is 0.317 e. The van der Waals surface area contributed by atoms with Crippen LogP contribution in [0.2, 0.25) is 0 Å². The highest BCUT2D eigenvalue weighted by molar-refractivity contribution is 5.93. The lowest BCUT2D eigenvalue weighted by Crippen LogP contribution is -2.50. The highest BCUT2D eigenvalue weighted by atomic mass is 16.5. The normalized spacial score (nSPS) is 15.6. The lowest BCUT2D eigenvalue weighted by molar-refractivity contribution is -0.140.